The largest absolute Gasteiger partial charge is 0.324 e. The molecule has 136 valence electrons. The number of nitrogens with two attached hydrogens (primary N) is 1. The van der Waals surface area contributed by atoms with E-state index in [9.17, 15) is 0 Å². The molecule has 6 aliphatic rings. The summed E-state index contributed by atoms with van der Waals surface area (Å²) in [4.78, 5) is 0. The maximum atomic E-state index is 6.52. The van der Waals surface area contributed by atoms with E-state index < -0.39 is 0 Å². The molecule has 0 radical (unpaired) electrons. The van der Waals surface area contributed by atoms with Gasteiger partial charge in [-0.2, -0.15) is 0 Å². The van der Waals surface area contributed by atoms with Gasteiger partial charge >= 0.3 is 0 Å². The molecular weight excluding hydrogens is 314 g/mol. The molecule has 0 amide bonds. The zero-order valence-electron chi connectivity index (χ0n) is 15.6. The van der Waals surface area contributed by atoms with Crippen LogP contribution in [0.15, 0.2) is 60.8 Å². The lowest BCUT2D eigenvalue weighted by Crippen LogP contribution is -2.46. The minimum Gasteiger partial charge on any atom is -0.324 e. The topological polar surface area (TPSA) is 26.0 Å². The van der Waals surface area contributed by atoms with E-state index in [0.717, 1.165) is 35.5 Å². The van der Waals surface area contributed by atoms with E-state index in [2.05, 4.69) is 60.8 Å². The molecule has 0 aromatic heterocycles. The van der Waals surface area contributed by atoms with Crippen LogP contribution in [0.25, 0.3) is 0 Å². The summed E-state index contributed by atoms with van der Waals surface area (Å²) < 4.78 is 0. The molecule has 0 aromatic rings. The first kappa shape index (κ1) is 15.7. The van der Waals surface area contributed by atoms with Crippen molar-refractivity contribution in [1.82, 2.24) is 0 Å². The molecule has 1 spiro atoms. The second kappa shape index (κ2) is 5.58. The van der Waals surface area contributed by atoms with Gasteiger partial charge in [0.2, 0.25) is 0 Å². The van der Waals surface area contributed by atoms with Crippen LogP contribution in [-0.2, 0) is 0 Å². The van der Waals surface area contributed by atoms with Gasteiger partial charge in [0.05, 0.1) is 0 Å². The minimum atomic E-state index is 0.261. The highest BCUT2D eigenvalue weighted by atomic mass is 14.8. The van der Waals surface area contributed by atoms with Gasteiger partial charge in [-0.3, -0.25) is 0 Å². The number of hydrogen-bond donors (Lipinski definition) is 1. The third kappa shape index (κ3) is 1.81. The Morgan fingerprint density at radius 3 is 2.04 bits per heavy atom. The number of fused-ring (bicyclic) bond motifs is 10. The molecule has 0 aromatic carbocycles. The first-order valence-electron chi connectivity index (χ1n) is 10.9. The van der Waals surface area contributed by atoms with Gasteiger partial charge in [0, 0.05) is 6.04 Å². The Labute approximate surface area is 157 Å². The molecule has 0 heterocycles. The van der Waals surface area contributed by atoms with Crippen LogP contribution in [0.2, 0.25) is 0 Å². The summed E-state index contributed by atoms with van der Waals surface area (Å²) in [5.74, 6) is 6.13. The fraction of sp³-hybridized carbons (Fsp3) is 0.600. The zero-order valence-corrected chi connectivity index (χ0v) is 15.6. The van der Waals surface area contributed by atoms with Gasteiger partial charge in [-0.25, -0.2) is 0 Å². The van der Waals surface area contributed by atoms with E-state index in [1.165, 1.54) is 32.1 Å². The summed E-state index contributed by atoms with van der Waals surface area (Å²) in [6.07, 6.45) is 31.4. The Kier molecular flexibility index (Phi) is 3.37. The Bertz CT molecular complexity index is 709. The van der Waals surface area contributed by atoms with Gasteiger partial charge in [0.15, 0.2) is 0 Å². The Hall–Kier alpha value is -1.34. The molecule has 2 saturated carbocycles. The van der Waals surface area contributed by atoms with Crippen LogP contribution in [0.1, 0.15) is 32.1 Å². The van der Waals surface area contributed by atoms with Crippen molar-refractivity contribution in [3.63, 3.8) is 0 Å². The second-order valence-corrected chi connectivity index (χ2v) is 9.72. The molecule has 26 heavy (non-hydrogen) atoms. The lowest BCUT2D eigenvalue weighted by atomic mass is 9.54. The van der Waals surface area contributed by atoms with E-state index in [4.69, 9.17) is 5.73 Å². The molecule has 6 rings (SSSR count). The minimum absolute atomic E-state index is 0.261. The summed E-state index contributed by atoms with van der Waals surface area (Å²) in [6.45, 7) is 0. The molecule has 1 heteroatoms. The lowest BCUT2D eigenvalue weighted by molar-refractivity contribution is 0.00779. The molecule has 1 nitrogen and oxygen atoms in total. The highest BCUT2D eigenvalue weighted by Gasteiger charge is 2.70. The van der Waals surface area contributed by atoms with Gasteiger partial charge in [-0.1, -0.05) is 60.8 Å². The van der Waals surface area contributed by atoms with Crippen molar-refractivity contribution in [2.45, 2.75) is 38.1 Å². The third-order valence-electron chi connectivity index (χ3n) is 9.08. The fourth-order valence-electron chi connectivity index (χ4n) is 8.60. The summed E-state index contributed by atoms with van der Waals surface area (Å²) in [5.41, 5.74) is 6.98. The number of allylic oxidation sites excluding steroid dienone is 9. The number of hydrogen-bond acceptors (Lipinski definition) is 1. The second-order valence-electron chi connectivity index (χ2n) is 9.72. The SMILES string of the molecule is NC1C=CC2C3C=CC=CC3C3(C2C1)C1CCC=CC1C1C=CCCC13. The zero-order chi connectivity index (χ0) is 17.3. The van der Waals surface area contributed by atoms with E-state index in [-0.39, 0.29) is 6.04 Å². The molecule has 0 aliphatic heterocycles. The Balaban J connectivity index is 1.57. The highest BCUT2D eigenvalue weighted by Crippen LogP contribution is 2.74. The summed E-state index contributed by atoms with van der Waals surface area (Å²) in [6, 6.07) is 0.261. The van der Waals surface area contributed by atoms with Crippen molar-refractivity contribution in [2.24, 2.45) is 58.5 Å². The van der Waals surface area contributed by atoms with E-state index in [1.807, 2.05) is 0 Å². The van der Waals surface area contributed by atoms with Crippen molar-refractivity contribution in [3.05, 3.63) is 60.8 Å². The summed E-state index contributed by atoms with van der Waals surface area (Å²) >= 11 is 0. The average Bonchev–Trinajstić information content (AvgIpc) is 3.15. The fourth-order valence-corrected chi connectivity index (χ4v) is 8.60. The third-order valence-corrected chi connectivity index (χ3v) is 9.08. The van der Waals surface area contributed by atoms with E-state index >= 15 is 0 Å². The van der Waals surface area contributed by atoms with Crippen LogP contribution in [0, 0.1) is 52.8 Å². The maximum Gasteiger partial charge on any atom is 0.0226 e. The van der Waals surface area contributed by atoms with Gasteiger partial charge < -0.3 is 5.73 Å². The van der Waals surface area contributed by atoms with Crippen molar-refractivity contribution >= 4 is 0 Å². The standard InChI is InChI=1S/C25H31N/c26-16-13-14-20-19-9-3-6-12-23(19)25(24(20)15-16)21-10-4-1-7-17(21)18-8-2-5-11-22(18)25/h1-3,6-9,12-14,16-24H,4-5,10-11,15,26H2. The summed E-state index contributed by atoms with van der Waals surface area (Å²) in [7, 11) is 0. The van der Waals surface area contributed by atoms with Crippen molar-refractivity contribution in [1.29, 1.82) is 0 Å². The predicted molar refractivity (Wildman–Crippen MR) is 107 cm³/mol. The Morgan fingerprint density at radius 2 is 1.31 bits per heavy atom. The molecule has 2 fully saturated rings. The van der Waals surface area contributed by atoms with E-state index in [1.54, 1.807) is 0 Å². The Morgan fingerprint density at radius 1 is 0.654 bits per heavy atom. The normalized spacial score (nSPS) is 55.7. The van der Waals surface area contributed by atoms with Gasteiger partial charge in [0.25, 0.3) is 0 Å². The van der Waals surface area contributed by atoms with Crippen molar-refractivity contribution in [2.75, 3.05) is 0 Å². The maximum absolute atomic E-state index is 6.52. The van der Waals surface area contributed by atoms with Gasteiger partial charge in [0.1, 0.15) is 0 Å². The average molecular weight is 346 g/mol. The molecule has 9 atom stereocenters. The molecule has 6 aliphatic carbocycles. The molecule has 9 unspecified atom stereocenters. The monoisotopic (exact) mass is 345 g/mol. The van der Waals surface area contributed by atoms with Crippen LogP contribution in [-0.4, -0.2) is 6.04 Å². The van der Waals surface area contributed by atoms with Crippen LogP contribution in [0.4, 0.5) is 0 Å². The smallest absolute Gasteiger partial charge is 0.0226 e. The molecular formula is C25H31N. The lowest BCUT2D eigenvalue weighted by Gasteiger charge is -2.49. The predicted octanol–water partition coefficient (Wildman–Crippen LogP) is 5.04. The van der Waals surface area contributed by atoms with Gasteiger partial charge in [-0.15, -0.1) is 0 Å². The first-order valence-corrected chi connectivity index (χ1v) is 10.9. The van der Waals surface area contributed by atoms with Crippen LogP contribution >= 0.6 is 0 Å². The van der Waals surface area contributed by atoms with Gasteiger partial charge in [-0.05, 0) is 84.9 Å². The van der Waals surface area contributed by atoms with Crippen molar-refractivity contribution < 1.29 is 0 Å². The molecule has 0 saturated heterocycles. The molecule has 2 N–H and O–H groups in total. The first-order chi connectivity index (χ1) is 12.8. The highest BCUT2D eigenvalue weighted by molar-refractivity contribution is 5.34. The van der Waals surface area contributed by atoms with Crippen LogP contribution < -0.4 is 5.73 Å². The van der Waals surface area contributed by atoms with Crippen LogP contribution in [0.3, 0.4) is 0 Å². The van der Waals surface area contributed by atoms with Crippen molar-refractivity contribution in [3.8, 4) is 0 Å². The van der Waals surface area contributed by atoms with Crippen LogP contribution in [0.5, 0.6) is 0 Å². The molecule has 0 bridgehead atoms. The number of rotatable bonds is 0. The summed E-state index contributed by atoms with van der Waals surface area (Å²) in [5, 5.41) is 0. The quantitative estimate of drug-likeness (QED) is 0.611. The van der Waals surface area contributed by atoms with E-state index in [0.29, 0.717) is 17.3 Å².